The molecule has 0 aromatic rings. The van der Waals surface area contributed by atoms with Gasteiger partial charge in [0.1, 0.15) is 0 Å². The molecule has 2 atom stereocenters. The fourth-order valence-electron chi connectivity index (χ4n) is 1.28. The molecular weight excluding hydrogens is 172 g/mol. The van der Waals surface area contributed by atoms with Crippen molar-refractivity contribution in [1.29, 1.82) is 0 Å². The van der Waals surface area contributed by atoms with Gasteiger partial charge in [0, 0.05) is 6.54 Å². The van der Waals surface area contributed by atoms with Crippen LogP contribution in [0.4, 0.5) is 4.79 Å². The number of nitrogens with zero attached hydrogens (tertiary/aromatic N) is 1. The van der Waals surface area contributed by atoms with Crippen LogP contribution in [-0.2, 0) is 0 Å². The van der Waals surface area contributed by atoms with E-state index in [1.165, 1.54) is 4.90 Å². The van der Waals surface area contributed by atoms with Crippen molar-refractivity contribution in [3.8, 4) is 0 Å². The Labute approximate surface area is 77.3 Å². The second-order valence-electron chi connectivity index (χ2n) is 3.27. The summed E-state index contributed by atoms with van der Waals surface area (Å²) in [4.78, 5) is 12.7. The van der Waals surface area contributed by atoms with Crippen LogP contribution in [0, 0.1) is 0 Å². The highest BCUT2D eigenvalue weighted by atomic mass is 16.3. The fourth-order valence-corrected chi connectivity index (χ4v) is 1.28. The van der Waals surface area contributed by atoms with E-state index in [1.54, 1.807) is 0 Å². The number of aliphatic hydroxyl groups excluding tert-OH is 2. The zero-order valence-electron chi connectivity index (χ0n) is 7.73. The second kappa shape index (κ2) is 4.43. The first kappa shape index (κ1) is 10.3. The van der Waals surface area contributed by atoms with E-state index in [1.807, 2.05) is 6.92 Å². The number of carbonyl (C=O) groups is 1. The topological polar surface area (TPSA) is 72.8 Å². The van der Waals surface area contributed by atoms with E-state index in [0.29, 0.717) is 6.54 Å². The first-order chi connectivity index (χ1) is 6.15. The minimum absolute atomic E-state index is 0.211. The number of aliphatic hydroxyl groups is 2. The number of nitrogens with one attached hydrogen (secondary N) is 1. The van der Waals surface area contributed by atoms with Gasteiger partial charge in [-0.1, -0.05) is 6.92 Å². The quantitative estimate of drug-likeness (QED) is 0.528. The number of rotatable bonds is 2. The Hall–Kier alpha value is -0.810. The highest BCUT2D eigenvalue weighted by Crippen LogP contribution is 2.09. The van der Waals surface area contributed by atoms with Gasteiger partial charge in [-0.25, -0.2) is 4.79 Å². The predicted octanol–water partition coefficient (Wildman–Crippen LogP) is -0.857. The largest absolute Gasteiger partial charge is 0.388 e. The van der Waals surface area contributed by atoms with Crippen molar-refractivity contribution >= 4 is 6.03 Å². The number of likely N-dealkylation sites (tertiary alicyclic amines) is 1. The second-order valence-corrected chi connectivity index (χ2v) is 3.27. The summed E-state index contributed by atoms with van der Waals surface area (Å²) in [6.45, 7) is 3.03. The van der Waals surface area contributed by atoms with E-state index in [-0.39, 0.29) is 19.1 Å². The Morgan fingerprint density at radius 2 is 2.00 bits per heavy atom. The lowest BCUT2D eigenvalue weighted by molar-refractivity contribution is 0.0572. The van der Waals surface area contributed by atoms with Crippen LogP contribution in [0.2, 0.25) is 0 Å². The molecule has 0 spiro atoms. The van der Waals surface area contributed by atoms with Gasteiger partial charge >= 0.3 is 6.03 Å². The van der Waals surface area contributed by atoms with E-state index in [4.69, 9.17) is 0 Å². The summed E-state index contributed by atoms with van der Waals surface area (Å²) in [6, 6.07) is -0.211. The van der Waals surface area contributed by atoms with E-state index in [2.05, 4.69) is 5.32 Å². The lowest BCUT2D eigenvalue weighted by atomic mass is 10.3. The average molecular weight is 188 g/mol. The third-order valence-electron chi connectivity index (χ3n) is 2.07. The van der Waals surface area contributed by atoms with Crippen molar-refractivity contribution < 1.29 is 15.0 Å². The fraction of sp³-hybridized carbons (Fsp3) is 0.875. The number of β-amino-alcohol motifs (C(OH)–C–C–N with tert-alkyl or cyclic N) is 2. The maximum atomic E-state index is 11.3. The molecule has 2 unspecified atom stereocenters. The molecule has 1 rings (SSSR count). The lowest BCUT2D eigenvalue weighted by Gasteiger charge is -2.15. The summed E-state index contributed by atoms with van der Waals surface area (Å²) in [5.41, 5.74) is 0. The number of hydrogen-bond donors (Lipinski definition) is 3. The number of urea groups is 1. The zero-order chi connectivity index (χ0) is 9.84. The molecule has 0 aromatic carbocycles. The van der Waals surface area contributed by atoms with Gasteiger partial charge < -0.3 is 20.4 Å². The third-order valence-corrected chi connectivity index (χ3v) is 2.07. The van der Waals surface area contributed by atoms with E-state index in [9.17, 15) is 15.0 Å². The van der Waals surface area contributed by atoms with E-state index >= 15 is 0 Å². The maximum Gasteiger partial charge on any atom is 0.317 e. The standard InChI is InChI=1S/C8H16N2O3/c1-2-3-9-8(13)10-4-6(11)7(12)5-10/h6-7,11-12H,2-5H2,1H3,(H,9,13). The van der Waals surface area contributed by atoms with E-state index < -0.39 is 12.2 Å². The van der Waals surface area contributed by atoms with Gasteiger partial charge in [0.2, 0.25) is 0 Å². The lowest BCUT2D eigenvalue weighted by Crippen LogP contribution is -2.39. The zero-order valence-corrected chi connectivity index (χ0v) is 7.73. The van der Waals surface area contributed by atoms with Gasteiger partial charge in [-0.15, -0.1) is 0 Å². The molecule has 1 aliphatic rings. The summed E-state index contributed by atoms with van der Waals surface area (Å²) in [7, 11) is 0. The molecular formula is C8H16N2O3. The van der Waals surface area contributed by atoms with Crippen molar-refractivity contribution in [1.82, 2.24) is 10.2 Å². The Bertz CT molecular complexity index is 176. The maximum absolute atomic E-state index is 11.3. The minimum Gasteiger partial charge on any atom is -0.388 e. The summed E-state index contributed by atoms with van der Waals surface area (Å²) in [5, 5.41) is 21.0. The van der Waals surface area contributed by atoms with Crippen LogP contribution in [0.3, 0.4) is 0 Å². The van der Waals surface area contributed by atoms with Crippen molar-refractivity contribution in [2.75, 3.05) is 19.6 Å². The first-order valence-corrected chi connectivity index (χ1v) is 4.54. The summed E-state index contributed by atoms with van der Waals surface area (Å²) in [5.74, 6) is 0. The summed E-state index contributed by atoms with van der Waals surface area (Å²) >= 11 is 0. The average Bonchev–Trinajstić information content (AvgIpc) is 2.43. The summed E-state index contributed by atoms with van der Waals surface area (Å²) < 4.78 is 0. The van der Waals surface area contributed by atoms with Crippen LogP contribution >= 0.6 is 0 Å². The predicted molar refractivity (Wildman–Crippen MR) is 47.3 cm³/mol. The molecule has 0 saturated carbocycles. The van der Waals surface area contributed by atoms with Gasteiger partial charge in [-0.3, -0.25) is 0 Å². The molecule has 0 aromatic heterocycles. The molecule has 5 nitrogen and oxygen atoms in total. The Kier molecular flexibility index (Phi) is 3.50. The molecule has 1 aliphatic heterocycles. The molecule has 1 fully saturated rings. The first-order valence-electron chi connectivity index (χ1n) is 4.54. The molecule has 2 amide bonds. The van der Waals surface area contributed by atoms with Crippen LogP contribution in [0.5, 0.6) is 0 Å². The van der Waals surface area contributed by atoms with Gasteiger partial charge in [-0.05, 0) is 6.42 Å². The number of amides is 2. The molecule has 13 heavy (non-hydrogen) atoms. The Morgan fingerprint density at radius 3 is 2.46 bits per heavy atom. The van der Waals surface area contributed by atoms with Crippen molar-refractivity contribution in [3.05, 3.63) is 0 Å². The highest BCUT2D eigenvalue weighted by molar-refractivity contribution is 5.74. The third kappa shape index (κ3) is 2.57. The molecule has 1 saturated heterocycles. The van der Waals surface area contributed by atoms with Gasteiger partial charge in [0.25, 0.3) is 0 Å². The van der Waals surface area contributed by atoms with Crippen molar-refractivity contribution in [2.45, 2.75) is 25.6 Å². The molecule has 0 radical (unpaired) electrons. The Morgan fingerprint density at radius 1 is 1.46 bits per heavy atom. The van der Waals surface area contributed by atoms with Crippen LogP contribution in [0.1, 0.15) is 13.3 Å². The highest BCUT2D eigenvalue weighted by Gasteiger charge is 2.32. The minimum atomic E-state index is -0.799. The van der Waals surface area contributed by atoms with Gasteiger partial charge in [0.05, 0.1) is 25.3 Å². The summed E-state index contributed by atoms with van der Waals surface area (Å²) in [6.07, 6.45) is -0.718. The van der Waals surface area contributed by atoms with Gasteiger partial charge in [-0.2, -0.15) is 0 Å². The van der Waals surface area contributed by atoms with E-state index in [0.717, 1.165) is 6.42 Å². The van der Waals surface area contributed by atoms with Gasteiger partial charge in [0.15, 0.2) is 0 Å². The van der Waals surface area contributed by atoms with Crippen LogP contribution in [0.25, 0.3) is 0 Å². The molecule has 3 N–H and O–H groups in total. The van der Waals surface area contributed by atoms with Crippen molar-refractivity contribution in [3.63, 3.8) is 0 Å². The molecule has 0 bridgehead atoms. The monoisotopic (exact) mass is 188 g/mol. The molecule has 76 valence electrons. The normalized spacial score (nSPS) is 27.8. The number of hydrogen-bond acceptors (Lipinski definition) is 3. The van der Waals surface area contributed by atoms with Crippen LogP contribution in [0.15, 0.2) is 0 Å². The van der Waals surface area contributed by atoms with Crippen molar-refractivity contribution in [2.24, 2.45) is 0 Å². The Balaban J connectivity index is 2.33. The number of carbonyl (C=O) groups excluding carboxylic acids is 1. The molecule has 1 heterocycles. The van der Waals surface area contributed by atoms with Crippen LogP contribution < -0.4 is 5.32 Å². The molecule has 0 aliphatic carbocycles. The molecule has 5 heteroatoms. The SMILES string of the molecule is CCCNC(=O)N1CC(O)C(O)C1. The smallest absolute Gasteiger partial charge is 0.317 e. The van der Waals surface area contributed by atoms with Crippen LogP contribution in [-0.4, -0.2) is 53.0 Å².